The average molecular weight is 310 g/mol. The van der Waals surface area contributed by atoms with Crippen LogP contribution in [0.1, 0.15) is 24.1 Å². The van der Waals surface area contributed by atoms with Crippen molar-refractivity contribution in [2.24, 2.45) is 5.73 Å². The Hall–Kier alpha value is -1.22. The topological polar surface area (TPSA) is 35.2 Å². The van der Waals surface area contributed by atoms with Gasteiger partial charge in [-0.25, -0.2) is 0 Å². The van der Waals surface area contributed by atoms with Gasteiger partial charge in [0.15, 0.2) is 0 Å². The number of para-hydroxylation sites is 1. The second-order valence-corrected chi connectivity index (χ2v) is 5.30. The summed E-state index contributed by atoms with van der Waals surface area (Å²) in [6.45, 7) is 2.56. The van der Waals surface area contributed by atoms with E-state index in [1.807, 2.05) is 49.4 Å². The number of ether oxygens (including phenoxy) is 1. The molecule has 20 heavy (non-hydrogen) atoms. The zero-order valence-electron chi connectivity index (χ0n) is 11.3. The van der Waals surface area contributed by atoms with E-state index in [-0.39, 0.29) is 6.04 Å². The second-order valence-electron chi connectivity index (χ2n) is 4.48. The fourth-order valence-electron chi connectivity index (χ4n) is 2.13. The van der Waals surface area contributed by atoms with E-state index in [4.69, 9.17) is 33.7 Å². The Morgan fingerprint density at radius 2 is 1.70 bits per heavy atom. The number of benzene rings is 2. The van der Waals surface area contributed by atoms with Crippen molar-refractivity contribution in [3.63, 3.8) is 0 Å². The maximum atomic E-state index is 6.30. The van der Waals surface area contributed by atoms with Crippen LogP contribution in [0.2, 0.25) is 10.0 Å². The van der Waals surface area contributed by atoms with Gasteiger partial charge in [0.25, 0.3) is 0 Å². The molecule has 0 heterocycles. The molecule has 2 N–H and O–H groups in total. The first-order valence-corrected chi connectivity index (χ1v) is 7.29. The van der Waals surface area contributed by atoms with Gasteiger partial charge < -0.3 is 10.5 Å². The van der Waals surface area contributed by atoms with Crippen molar-refractivity contribution >= 4 is 23.2 Å². The van der Waals surface area contributed by atoms with E-state index in [0.29, 0.717) is 23.1 Å². The minimum absolute atomic E-state index is 0.213. The molecule has 2 rings (SSSR count). The Morgan fingerprint density at radius 1 is 1.05 bits per heavy atom. The van der Waals surface area contributed by atoms with Crippen molar-refractivity contribution in [1.82, 2.24) is 0 Å². The number of halogens is 2. The molecule has 4 heteroatoms. The van der Waals surface area contributed by atoms with Crippen molar-refractivity contribution in [3.8, 4) is 5.75 Å². The van der Waals surface area contributed by atoms with Crippen molar-refractivity contribution < 1.29 is 4.74 Å². The first-order chi connectivity index (χ1) is 9.63. The van der Waals surface area contributed by atoms with Gasteiger partial charge >= 0.3 is 0 Å². The highest BCUT2D eigenvalue weighted by Gasteiger charge is 2.15. The van der Waals surface area contributed by atoms with Crippen LogP contribution < -0.4 is 10.5 Å². The van der Waals surface area contributed by atoms with Crippen LogP contribution in [-0.4, -0.2) is 6.61 Å². The molecular weight excluding hydrogens is 293 g/mol. The summed E-state index contributed by atoms with van der Waals surface area (Å²) in [4.78, 5) is 0. The van der Waals surface area contributed by atoms with Crippen LogP contribution >= 0.6 is 23.2 Å². The number of rotatable bonds is 5. The van der Waals surface area contributed by atoms with Crippen LogP contribution in [0.5, 0.6) is 5.75 Å². The lowest BCUT2D eigenvalue weighted by Gasteiger charge is -2.17. The average Bonchev–Trinajstić information content (AvgIpc) is 2.44. The highest BCUT2D eigenvalue weighted by Crippen LogP contribution is 2.31. The highest BCUT2D eigenvalue weighted by atomic mass is 35.5. The first kappa shape index (κ1) is 15.2. The predicted octanol–water partition coefficient (Wildman–Crippen LogP) is 4.63. The van der Waals surface area contributed by atoms with Crippen molar-refractivity contribution in [2.75, 3.05) is 6.61 Å². The van der Waals surface area contributed by atoms with Gasteiger partial charge in [0.1, 0.15) is 5.75 Å². The second kappa shape index (κ2) is 6.98. The molecule has 0 aromatic heterocycles. The molecule has 0 fully saturated rings. The summed E-state index contributed by atoms with van der Waals surface area (Å²) >= 11 is 12.4. The summed E-state index contributed by atoms with van der Waals surface area (Å²) in [5.74, 6) is 0.811. The van der Waals surface area contributed by atoms with E-state index in [1.165, 1.54) is 0 Å². The summed E-state index contributed by atoms with van der Waals surface area (Å²) in [5, 5.41) is 1.28. The molecule has 106 valence electrons. The fourth-order valence-corrected chi connectivity index (χ4v) is 2.68. The third-order valence-corrected chi connectivity index (χ3v) is 3.81. The fraction of sp³-hybridized carbons (Fsp3) is 0.250. The molecule has 0 aliphatic rings. The van der Waals surface area contributed by atoms with E-state index < -0.39 is 0 Å². The number of nitrogens with two attached hydrogens (primary N) is 1. The van der Waals surface area contributed by atoms with Crippen LogP contribution in [0, 0.1) is 0 Å². The Morgan fingerprint density at radius 3 is 2.35 bits per heavy atom. The van der Waals surface area contributed by atoms with E-state index >= 15 is 0 Å². The number of hydrogen-bond donors (Lipinski definition) is 1. The molecule has 0 saturated heterocycles. The third kappa shape index (κ3) is 3.45. The minimum atomic E-state index is -0.213. The Balaban J connectivity index is 2.26. The van der Waals surface area contributed by atoms with Gasteiger partial charge in [-0.1, -0.05) is 47.5 Å². The molecule has 0 saturated carbocycles. The molecule has 0 spiro atoms. The van der Waals surface area contributed by atoms with E-state index in [2.05, 4.69) is 0 Å². The summed E-state index contributed by atoms with van der Waals surface area (Å²) in [7, 11) is 0. The standard InChI is InChI=1S/C16H17Cl2NO/c1-2-20-16-9-4-3-6-11(16)15(19)10-12-13(17)7-5-8-14(12)18/h3-9,15H,2,10,19H2,1H3. The molecule has 2 aromatic carbocycles. The van der Waals surface area contributed by atoms with E-state index in [0.717, 1.165) is 16.9 Å². The van der Waals surface area contributed by atoms with Crippen LogP contribution in [0.4, 0.5) is 0 Å². The molecule has 2 aromatic rings. The maximum absolute atomic E-state index is 6.30. The van der Waals surface area contributed by atoms with Crippen LogP contribution in [0.3, 0.4) is 0 Å². The van der Waals surface area contributed by atoms with Crippen LogP contribution in [0.25, 0.3) is 0 Å². The molecule has 0 aliphatic heterocycles. The van der Waals surface area contributed by atoms with E-state index in [1.54, 1.807) is 0 Å². The SMILES string of the molecule is CCOc1ccccc1C(N)Cc1c(Cl)cccc1Cl. The van der Waals surface area contributed by atoms with Gasteiger partial charge in [-0.15, -0.1) is 0 Å². The Bertz CT molecular complexity index is 566. The minimum Gasteiger partial charge on any atom is -0.494 e. The largest absolute Gasteiger partial charge is 0.494 e. The first-order valence-electron chi connectivity index (χ1n) is 6.53. The van der Waals surface area contributed by atoms with Crippen molar-refractivity contribution in [3.05, 3.63) is 63.6 Å². The van der Waals surface area contributed by atoms with Gasteiger partial charge in [0.2, 0.25) is 0 Å². The zero-order chi connectivity index (χ0) is 14.5. The monoisotopic (exact) mass is 309 g/mol. The quantitative estimate of drug-likeness (QED) is 0.873. The lowest BCUT2D eigenvalue weighted by atomic mass is 9.99. The molecule has 0 aliphatic carbocycles. The smallest absolute Gasteiger partial charge is 0.124 e. The highest BCUT2D eigenvalue weighted by molar-refractivity contribution is 6.36. The van der Waals surface area contributed by atoms with Gasteiger partial charge in [0, 0.05) is 21.7 Å². The normalized spacial score (nSPS) is 12.2. The summed E-state index contributed by atoms with van der Waals surface area (Å²) in [6.07, 6.45) is 0.572. The molecular formula is C16H17Cl2NO. The van der Waals surface area contributed by atoms with Gasteiger partial charge in [0.05, 0.1) is 6.61 Å². The molecule has 2 nitrogen and oxygen atoms in total. The zero-order valence-corrected chi connectivity index (χ0v) is 12.8. The Labute approximate surface area is 129 Å². The van der Waals surface area contributed by atoms with Gasteiger partial charge in [-0.2, -0.15) is 0 Å². The summed E-state index contributed by atoms with van der Waals surface area (Å²) in [6, 6.07) is 13.0. The van der Waals surface area contributed by atoms with Crippen molar-refractivity contribution in [1.29, 1.82) is 0 Å². The summed E-state index contributed by atoms with van der Waals surface area (Å²) < 4.78 is 5.61. The van der Waals surface area contributed by atoms with Gasteiger partial charge in [-0.05, 0) is 37.1 Å². The lowest BCUT2D eigenvalue weighted by molar-refractivity contribution is 0.334. The molecule has 0 bridgehead atoms. The Kier molecular flexibility index (Phi) is 5.30. The number of hydrogen-bond acceptors (Lipinski definition) is 2. The maximum Gasteiger partial charge on any atom is 0.124 e. The molecule has 0 amide bonds. The molecule has 1 unspecified atom stereocenters. The lowest BCUT2D eigenvalue weighted by Crippen LogP contribution is -2.15. The van der Waals surface area contributed by atoms with Crippen LogP contribution in [-0.2, 0) is 6.42 Å². The van der Waals surface area contributed by atoms with E-state index in [9.17, 15) is 0 Å². The molecule has 1 atom stereocenters. The summed E-state index contributed by atoms with van der Waals surface area (Å²) in [5.41, 5.74) is 8.13. The predicted molar refractivity (Wildman–Crippen MR) is 84.7 cm³/mol. The van der Waals surface area contributed by atoms with Crippen LogP contribution in [0.15, 0.2) is 42.5 Å². The van der Waals surface area contributed by atoms with Crippen molar-refractivity contribution in [2.45, 2.75) is 19.4 Å². The third-order valence-electron chi connectivity index (χ3n) is 3.10. The molecule has 0 radical (unpaired) electrons. The van der Waals surface area contributed by atoms with Gasteiger partial charge in [-0.3, -0.25) is 0 Å².